The van der Waals surface area contributed by atoms with Crippen LogP contribution in [0, 0.1) is 17.2 Å². The molecule has 2 aliphatic heterocycles. The fraction of sp³-hybridized carbons (Fsp3) is 0.769. The Hall–Kier alpha value is -1.81. The Kier molecular flexibility index (Phi) is 3.05. The lowest BCUT2D eigenvalue weighted by molar-refractivity contribution is -0.139. The number of carboxylic acid groups (broad SMARTS) is 1. The third kappa shape index (κ3) is 1.75. The summed E-state index contributed by atoms with van der Waals surface area (Å²) in [6.07, 6.45) is 0.595. The standard InChI is InChI=1S/C13H17N3O4/c14-6-8-2-1-3-15(8)12(18)11-7-4-9(10(17)5-7)16(11)13(19)20/h7-11,17H,1-5H2,(H,19,20)/t7-,8-,9+,10+,11+/m0/s1. The van der Waals surface area contributed by atoms with Gasteiger partial charge in [0, 0.05) is 6.54 Å². The van der Waals surface area contributed by atoms with E-state index in [1.807, 2.05) is 0 Å². The number of amides is 2. The second-order valence-corrected chi connectivity index (χ2v) is 5.82. The second kappa shape index (κ2) is 4.63. The van der Waals surface area contributed by atoms with E-state index in [2.05, 4.69) is 6.07 Å². The first-order valence-corrected chi connectivity index (χ1v) is 6.94. The third-order valence-electron chi connectivity index (χ3n) is 4.79. The first-order valence-electron chi connectivity index (χ1n) is 6.94. The minimum Gasteiger partial charge on any atom is -0.465 e. The molecule has 0 aromatic rings. The van der Waals surface area contributed by atoms with E-state index in [0.29, 0.717) is 25.8 Å². The summed E-state index contributed by atoms with van der Waals surface area (Å²) >= 11 is 0. The molecule has 7 heteroatoms. The summed E-state index contributed by atoms with van der Waals surface area (Å²) in [5.41, 5.74) is 0. The number of carbonyl (C=O) groups is 2. The highest BCUT2D eigenvalue weighted by molar-refractivity contribution is 5.87. The van der Waals surface area contributed by atoms with Gasteiger partial charge < -0.3 is 15.1 Å². The summed E-state index contributed by atoms with van der Waals surface area (Å²) in [6, 6.07) is 0.458. The molecule has 2 N–H and O–H groups in total. The zero-order valence-electron chi connectivity index (χ0n) is 11.0. The Morgan fingerprint density at radius 2 is 2.05 bits per heavy atom. The molecule has 5 atom stereocenters. The Morgan fingerprint density at radius 1 is 1.30 bits per heavy atom. The molecule has 0 unspecified atom stereocenters. The van der Waals surface area contributed by atoms with Gasteiger partial charge in [-0.05, 0) is 31.6 Å². The van der Waals surface area contributed by atoms with Crippen LogP contribution in [0.2, 0.25) is 0 Å². The van der Waals surface area contributed by atoms with Crippen molar-refractivity contribution >= 4 is 12.0 Å². The SMILES string of the molecule is N#C[C@@H]1CCCN1C(=O)[C@H]1[C@@H]2C[C@@H](O)[C@@H](C2)N1C(=O)O. The largest absolute Gasteiger partial charge is 0.465 e. The predicted molar refractivity (Wildman–Crippen MR) is 66.5 cm³/mol. The number of nitrogens with zero attached hydrogens (tertiary/aromatic N) is 3. The van der Waals surface area contributed by atoms with Crippen LogP contribution < -0.4 is 0 Å². The summed E-state index contributed by atoms with van der Waals surface area (Å²) in [7, 11) is 0. The van der Waals surface area contributed by atoms with Crippen molar-refractivity contribution in [2.45, 2.75) is 49.9 Å². The average Bonchev–Trinajstić information content (AvgIpc) is 3.09. The summed E-state index contributed by atoms with van der Waals surface area (Å²) in [4.78, 5) is 26.6. The van der Waals surface area contributed by atoms with Gasteiger partial charge in [-0.2, -0.15) is 5.26 Å². The van der Waals surface area contributed by atoms with Crippen molar-refractivity contribution in [3.05, 3.63) is 0 Å². The van der Waals surface area contributed by atoms with Crippen LogP contribution >= 0.6 is 0 Å². The lowest BCUT2D eigenvalue weighted by Crippen LogP contribution is -2.57. The maximum absolute atomic E-state index is 12.6. The van der Waals surface area contributed by atoms with Crippen LogP contribution in [-0.2, 0) is 4.79 Å². The maximum atomic E-state index is 12.6. The van der Waals surface area contributed by atoms with Crippen LogP contribution in [0.1, 0.15) is 25.7 Å². The van der Waals surface area contributed by atoms with Crippen molar-refractivity contribution in [3.8, 4) is 6.07 Å². The molecule has 0 spiro atoms. The average molecular weight is 279 g/mol. The molecule has 2 bridgehead atoms. The molecular formula is C13H17N3O4. The zero-order chi connectivity index (χ0) is 14.4. The van der Waals surface area contributed by atoms with E-state index in [1.54, 1.807) is 0 Å². The molecule has 3 fully saturated rings. The Labute approximate surface area is 116 Å². The van der Waals surface area contributed by atoms with Crippen molar-refractivity contribution in [2.24, 2.45) is 5.92 Å². The van der Waals surface area contributed by atoms with E-state index in [9.17, 15) is 19.8 Å². The zero-order valence-corrected chi connectivity index (χ0v) is 11.0. The molecule has 2 amide bonds. The van der Waals surface area contributed by atoms with Gasteiger partial charge in [0.2, 0.25) is 5.91 Å². The molecule has 2 saturated heterocycles. The second-order valence-electron chi connectivity index (χ2n) is 5.82. The molecule has 108 valence electrons. The number of hydrogen-bond acceptors (Lipinski definition) is 4. The quantitative estimate of drug-likeness (QED) is 0.703. The maximum Gasteiger partial charge on any atom is 0.408 e. The van der Waals surface area contributed by atoms with Gasteiger partial charge in [-0.3, -0.25) is 9.69 Å². The van der Waals surface area contributed by atoms with E-state index in [-0.39, 0.29) is 11.8 Å². The number of carbonyl (C=O) groups excluding carboxylic acids is 1. The van der Waals surface area contributed by atoms with Crippen LogP contribution in [0.5, 0.6) is 0 Å². The van der Waals surface area contributed by atoms with Gasteiger partial charge in [-0.15, -0.1) is 0 Å². The predicted octanol–water partition coefficient (Wildman–Crippen LogP) is 0.00268. The lowest BCUT2D eigenvalue weighted by atomic mass is 9.96. The van der Waals surface area contributed by atoms with E-state index in [0.717, 1.165) is 11.3 Å². The van der Waals surface area contributed by atoms with Gasteiger partial charge in [0.15, 0.2) is 0 Å². The summed E-state index contributed by atoms with van der Waals surface area (Å²) < 4.78 is 0. The Balaban J connectivity index is 1.84. The van der Waals surface area contributed by atoms with E-state index in [1.165, 1.54) is 4.90 Å². The normalized spacial score (nSPS) is 39.1. The lowest BCUT2D eigenvalue weighted by Gasteiger charge is -2.37. The van der Waals surface area contributed by atoms with Gasteiger partial charge in [-0.1, -0.05) is 0 Å². The molecule has 0 radical (unpaired) electrons. The molecule has 3 rings (SSSR count). The number of fused-ring (bicyclic) bond motifs is 2. The van der Waals surface area contributed by atoms with Crippen molar-refractivity contribution in [3.63, 3.8) is 0 Å². The number of likely N-dealkylation sites (tertiary alicyclic amines) is 2. The summed E-state index contributed by atoms with van der Waals surface area (Å²) in [5, 5.41) is 28.2. The third-order valence-corrected chi connectivity index (χ3v) is 4.79. The Morgan fingerprint density at radius 3 is 2.70 bits per heavy atom. The molecule has 7 nitrogen and oxygen atoms in total. The number of hydrogen-bond donors (Lipinski definition) is 2. The van der Waals surface area contributed by atoms with Crippen molar-refractivity contribution in [1.29, 1.82) is 5.26 Å². The van der Waals surface area contributed by atoms with Crippen molar-refractivity contribution < 1.29 is 19.8 Å². The monoisotopic (exact) mass is 279 g/mol. The molecule has 20 heavy (non-hydrogen) atoms. The molecule has 0 aromatic carbocycles. The highest BCUT2D eigenvalue weighted by atomic mass is 16.4. The topological polar surface area (TPSA) is 105 Å². The molecule has 1 aliphatic carbocycles. The van der Waals surface area contributed by atoms with Gasteiger partial charge in [0.25, 0.3) is 0 Å². The van der Waals surface area contributed by atoms with Crippen LogP contribution in [-0.4, -0.2) is 62.8 Å². The fourth-order valence-corrected chi connectivity index (χ4v) is 3.94. The van der Waals surface area contributed by atoms with Gasteiger partial charge >= 0.3 is 6.09 Å². The van der Waals surface area contributed by atoms with E-state index >= 15 is 0 Å². The number of rotatable bonds is 1. The number of aliphatic hydroxyl groups is 1. The van der Waals surface area contributed by atoms with Crippen LogP contribution in [0.4, 0.5) is 4.79 Å². The summed E-state index contributed by atoms with van der Waals surface area (Å²) in [6.45, 7) is 0.515. The smallest absolute Gasteiger partial charge is 0.408 e. The number of piperidine rings is 1. The molecule has 3 aliphatic rings. The molecule has 1 saturated carbocycles. The van der Waals surface area contributed by atoms with Crippen LogP contribution in [0.25, 0.3) is 0 Å². The minimum absolute atomic E-state index is 0.126. The number of aliphatic hydroxyl groups excluding tert-OH is 1. The Bertz CT molecular complexity index is 488. The van der Waals surface area contributed by atoms with Crippen LogP contribution in [0.15, 0.2) is 0 Å². The molecule has 2 heterocycles. The fourth-order valence-electron chi connectivity index (χ4n) is 3.94. The molecular weight excluding hydrogens is 262 g/mol. The van der Waals surface area contributed by atoms with E-state index in [4.69, 9.17) is 5.26 Å². The van der Waals surface area contributed by atoms with Crippen LogP contribution in [0.3, 0.4) is 0 Å². The van der Waals surface area contributed by atoms with Crippen molar-refractivity contribution in [1.82, 2.24) is 9.80 Å². The number of nitriles is 1. The first kappa shape index (κ1) is 13.2. The van der Waals surface area contributed by atoms with Crippen molar-refractivity contribution in [2.75, 3.05) is 6.54 Å². The highest BCUT2D eigenvalue weighted by Crippen LogP contribution is 2.43. The van der Waals surface area contributed by atoms with Gasteiger partial charge in [-0.25, -0.2) is 4.79 Å². The highest BCUT2D eigenvalue weighted by Gasteiger charge is 2.57. The first-order chi connectivity index (χ1) is 9.54. The van der Waals surface area contributed by atoms with Gasteiger partial charge in [0.05, 0.1) is 18.2 Å². The summed E-state index contributed by atoms with van der Waals surface area (Å²) in [5.74, 6) is -0.394. The van der Waals surface area contributed by atoms with Gasteiger partial charge in [0.1, 0.15) is 12.1 Å². The van der Waals surface area contributed by atoms with E-state index < -0.39 is 30.3 Å². The minimum atomic E-state index is -1.16. The molecule has 0 aromatic heterocycles.